The second kappa shape index (κ2) is 16.1. The van der Waals surface area contributed by atoms with Crippen LogP contribution in [0.4, 0.5) is 34.1 Å². The minimum atomic E-state index is 0.0366. The lowest BCUT2D eigenvalue weighted by Gasteiger charge is -2.29. The van der Waals surface area contributed by atoms with Crippen LogP contribution in [0.5, 0.6) is 0 Å². The molecule has 0 N–H and O–H groups in total. The van der Waals surface area contributed by atoms with Gasteiger partial charge in [0, 0.05) is 73.3 Å². The van der Waals surface area contributed by atoms with Gasteiger partial charge in [0.05, 0.1) is 11.4 Å². The summed E-state index contributed by atoms with van der Waals surface area (Å²) in [6.45, 7) is 27.2. The Morgan fingerprint density at radius 3 is 0.814 bits per heavy atom. The first-order valence-corrected chi connectivity index (χ1v) is 24.9. The van der Waals surface area contributed by atoms with Gasteiger partial charge in [-0.15, -0.1) is 0 Å². The minimum Gasteiger partial charge on any atom is -0.456 e. The number of anilines is 6. The first kappa shape index (κ1) is 45.2. The summed E-state index contributed by atoms with van der Waals surface area (Å²) in [7, 11) is 0. The Balaban J connectivity index is 1.11. The van der Waals surface area contributed by atoms with Gasteiger partial charge >= 0.3 is 0 Å². The van der Waals surface area contributed by atoms with Gasteiger partial charge in [0.1, 0.15) is 22.3 Å². The summed E-state index contributed by atoms with van der Waals surface area (Å²) in [5.41, 5.74) is 15.1. The van der Waals surface area contributed by atoms with E-state index in [0.717, 1.165) is 99.5 Å². The third-order valence-corrected chi connectivity index (χ3v) is 14.5. The molecule has 11 rings (SSSR count). The van der Waals surface area contributed by atoms with Crippen molar-refractivity contribution in [1.82, 2.24) is 0 Å². The molecule has 0 aliphatic rings. The predicted molar refractivity (Wildman–Crippen MR) is 300 cm³/mol. The molecule has 4 heteroatoms. The number of hydrogen-bond donors (Lipinski definition) is 0. The van der Waals surface area contributed by atoms with E-state index in [-0.39, 0.29) is 21.7 Å². The van der Waals surface area contributed by atoms with Crippen LogP contribution in [0.15, 0.2) is 179 Å². The zero-order valence-electron chi connectivity index (χ0n) is 42.9. The topological polar surface area (TPSA) is 32.8 Å². The lowest BCUT2D eigenvalue weighted by molar-refractivity contribution is 0.590. The monoisotopic (exact) mass is 916 g/mol. The van der Waals surface area contributed by atoms with Gasteiger partial charge in [-0.3, -0.25) is 0 Å². The molecule has 70 heavy (non-hydrogen) atoms. The van der Waals surface area contributed by atoms with Crippen LogP contribution in [-0.2, 0) is 21.7 Å². The molecular formula is C66H64N2O2. The fourth-order valence-electron chi connectivity index (χ4n) is 10.4. The van der Waals surface area contributed by atoms with Crippen molar-refractivity contribution in [2.24, 2.45) is 0 Å². The maximum Gasteiger partial charge on any atom is 0.139 e. The molecular weight excluding hydrogens is 853 g/mol. The molecule has 0 aliphatic carbocycles. The van der Waals surface area contributed by atoms with Gasteiger partial charge in [0.25, 0.3) is 0 Å². The van der Waals surface area contributed by atoms with E-state index >= 15 is 0 Å². The average molecular weight is 917 g/mol. The van der Waals surface area contributed by atoms with E-state index in [4.69, 9.17) is 8.83 Å². The van der Waals surface area contributed by atoms with Crippen molar-refractivity contribution in [2.45, 2.75) is 105 Å². The molecule has 0 aliphatic heterocycles. The molecule has 0 saturated carbocycles. The quantitative estimate of drug-likeness (QED) is 0.166. The highest BCUT2D eigenvalue weighted by atomic mass is 16.3. The maximum atomic E-state index is 6.99. The molecule has 4 nitrogen and oxygen atoms in total. The summed E-state index contributed by atoms with van der Waals surface area (Å²) in [6.07, 6.45) is 0. The van der Waals surface area contributed by atoms with Crippen LogP contribution in [-0.4, -0.2) is 0 Å². The van der Waals surface area contributed by atoms with Crippen LogP contribution in [0, 0.1) is 0 Å². The van der Waals surface area contributed by atoms with Gasteiger partial charge in [-0.1, -0.05) is 180 Å². The highest BCUT2D eigenvalue weighted by Gasteiger charge is 2.26. The smallest absolute Gasteiger partial charge is 0.139 e. The Morgan fingerprint density at radius 1 is 0.271 bits per heavy atom. The lowest BCUT2D eigenvalue weighted by Crippen LogP contribution is -2.14. The fraction of sp³-hybridized carbons (Fsp3) is 0.242. The van der Waals surface area contributed by atoms with Crippen molar-refractivity contribution in [3.8, 4) is 0 Å². The average Bonchev–Trinajstić information content (AvgIpc) is 3.87. The largest absolute Gasteiger partial charge is 0.456 e. The molecule has 0 unspecified atom stereocenters. The normalized spacial score (nSPS) is 12.9. The minimum absolute atomic E-state index is 0.0366. The summed E-state index contributed by atoms with van der Waals surface area (Å²) in [6, 6.07) is 62.7. The highest BCUT2D eigenvalue weighted by Crippen LogP contribution is 2.49. The number of rotatable bonds is 6. The van der Waals surface area contributed by atoms with Crippen molar-refractivity contribution in [3.05, 3.63) is 192 Å². The molecule has 2 aromatic heterocycles. The molecule has 11 aromatic rings. The maximum absolute atomic E-state index is 6.99. The van der Waals surface area contributed by atoms with E-state index in [1.54, 1.807) is 0 Å². The van der Waals surface area contributed by atoms with Crippen molar-refractivity contribution in [2.75, 3.05) is 9.80 Å². The molecule has 9 aromatic carbocycles. The van der Waals surface area contributed by atoms with Crippen molar-refractivity contribution in [1.29, 1.82) is 0 Å². The van der Waals surface area contributed by atoms with E-state index in [1.165, 1.54) is 22.3 Å². The van der Waals surface area contributed by atoms with Crippen LogP contribution >= 0.6 is 0 Å². The van der Waals surface area contributed by atoms with E-state index in [9.17, 15) is 0 Å². The lowest BCUT2D eigenvalue weighted by atomic mass is 9.86. The van der Waals surface area contributed by atoms with Crippen molar-refractivity contribution < 1.29 is 8.83 Å². The summed E-state index contributed by atoms with van der Waals surface area (Å²) < 4.78 is 14.0. The molecule has 0 saturated heterocycles. The van der Waals surface area contributed by atoms with Gasteiger partial charge in [0.2, 0.25) is 0 Å². The van der Waals surface area contributed by atoms with E-state index in [1.807, 2.05) is 0 Å². The molecule has 350 valence electrons. The van der Waals surface area contributed by atoms with Crippen molar-refractivity contribution >= 4 is 99.5 Å². The first-order valence-electron chi connectivity index (χ1n) is 24.9. The Bertz CT molecular complexity index is 3400. The van der Waals surface area contributed by atoms with Gasteiger partial charge in [-0.25, -0.2) is 0 Å². The Kier molecular flexibility index (Phi) is 10.4. The molecule has 0 fully saturated rings. The Labute approximate surface area is 413 Å². The van der Waals surface area contributed by atoms with Gasteiger partial charge in [-0.05, 0) is 109 Å². The van der Waals surface area contributed by atoms with Crippen LogP contribution in [0.25, 0.3) is 65.4 Å². The molecule has 0 bridgehead atoms. The molecule has 0 amide bonds. The van der Waals surface area contributed by atoms with Crippen LogP contribution in [0.2, 0.25) is 0 Å². The number of furan rings is 2. The number of benzene rings is 9. The molecule has 0 atom stereocenters. The summed E-state index contributed by atoms with van der Waals surface area (Å²) in [4.78, 5) is 4.77. The third-order valence-electron chi connectivity index (χ3n) is 14.5. The molecule has 0 radical (unpaired) electrons. The van der Waals surface area contributed by atoms with Crippen LogP contribution in [0.1, 0.15) is 105 Å². The second-order valence-corrected chi connectivity index (χ2v) is 23.5. The fourth-order valence-corrected chi connectivity index (χ4v) is 10.4. The standard InChI is InChI=1S/C66H64N2O2/c1-63(2,3)41-21-29-45(30-22-41)67(46-31-23-42(24-32-46)64(4,5)6)55-38-59-61(51-19-15-13-17-49(51)55)53-37-54-58(40-57(53)69-59)70-60-39-56(50-18-14-16-20-52(50)62(54)60)68(47-33-25-43(26-34-47)65(7,8)9)48-35-27-44(28-36-48)66(10,11)12/h13-40H,1-12H3. The van der Waals surface area contributed by atoms with E-state index in [2.05, 4.69) is 263 Å². The zero-order valence-corrected chi connectivity index (χ0v) is 42.9. The highest BCUT2D eigenvalue weighted by molar-refractivity contribution is 6.28. The van der Waals surface area contributed by atoms with Crippen LogP contribution < -0.4 is 9.80 Å². The zero-order chi connectivity index (χ0) is 49.1. The Hall–Kier alpha value is -7.30. The second-order valence-electron chi connectivity index (χ2n) is 23.5. The number of fused-ring (bicyclic) bond motifs is 10. The number of hydrogen-bond acceptors (Lipinski definition) is 4. The van der Waals surface area contributed by atoms with Gasteiger partial charge < -0.3 is 18.6 Å². The van der Waals surface area contributed by atoms with Gasteiger partial charge in [-0.2, -0.15) is 0 Å². The molecule has 0 spiro atoms. The van der Waals surface area contributed by atoms with E-state index < -0.39 is 0 Å². The SMILES string of the molecule is CC(C)(C)c1ccc(N(c2ccc(C(C)(C)C)cc2)c2cc3oc4cc5oc6cc(N(c7ccc(C(C)(C)C)cc7)c7ccc(C(C)(C)C)cc7)c7ccccc7c6c5cc4c3c3ccccc23)cc1. The van der Waals surface area contributed by atoms with E-state index in [0.29, 0.717) is 0 Å². The summed E-state index contributed by atoms with van der Waals surface area (Å²) >= 11 is 0. The Morgan fingerprint density at radius 2 is 0.543 bits per heavy atom. The third kappa shape index (κ3) is 7.79. The first-order chi connectivity index (χ1) is 33.2. The molecule has 2 heterocycles. The van der Waals surface area contributed by atoms with Gasteiger partial charge in [0.15, 0.2) is 0 Å². The summed E-state index contributed by atoms with van der Waals surface area (Å²) in [5, 5.41) is 8.91. The van der Waals surface area contributed by atoms with Crippen LogP contribution in [0.3, 0.4) is 0 Å². The van der Waals surface area contributed by atoms with Crippen molar-refractivity contribution in [3.63, 3.8) is 0 Å². The predicted octanol–water partition coefficient (Wildman–Crippen LogP) is 19.9. The summed E-state index contributed by atoms with van der Waals surface area (Å²) in [5.74, 6) is 0. The number of nitrogens with zero attached hydrogens (tertiary/aromatic N) is 2.